The van der Waals surface area contributed by atoms with E-state index >= 15 is 0 Å². The van der Waals surface area contributed by atoms with Crippen LogP contribution in [0.2, 0.25) is 0 Å². The van der Waals surface area contributed by atoms with E-state index in [1.54, 1.807) is 33.8 Å². The smallest absolute Gasteiger partial charge is 0.334 e. The maximum absolute atomic E-state index is 11.7. The van der Waals surface area contributed by atoms with Gasteiger partial charge in [0.05, 0.1) is 160 Å². The van der Waals surface area contributed by atoms with E-state index in [0.717, 1.165) is 56.6 Å². The van der Waals surface area contributed by atoms with Crippen molar-refractivity contribution in [3.63, 3.8) is 0 Å². The van der Waals surface area contributed by atoms with Crippen molar-refractivity contribution in [1.29, 1.82) is 0 Å². The maximum atomic E-state index is 11.7. The molecule has 5 saturated heterocycles. The van der Waals surface area contributed by atoms with Gasteiger partial charge in [0.1, 0.15) is 64.1 Å². The maximum Gasteiger partial charge on any atom is 0.334 e. The Kier molecular flexibility index (Phi) is 51.6. The van der Waals surface area contributed by atoms with Gasteiger partial charge in [0.25, 0.3) is 0 Å². The van der Waals surface area contributed by atoms with Crippen molar-refractivity contribution in [2.45, 2.75) is 278 Å². The van der Waals surface area contributed by atoms with Gasteiger partial charge in [0.2, 0.25) is 24.4 Å². The summed E-state index contributed by atoms with van der Waals surface area (Å²) in [7, 11) is 6.73. The molecule has 0 saturated carbocycles. The second kappa shape index (κ2) is 53.7. The highest BCUT2D eigenvalue weighted by molar-refractivity contribution is 7.07. The Hall–Kier alpha value is -3.99. The number of rotatable bonds is 14. The zero-order valence-corrected chi connectivity index (χ0v) is 71.1. The molecule has 19 heteroatoms. The van der Waals surface area contributed by atoms with Crippen molar-refractivity contribution in [3.05, 3.63) is 109 Å². The molecule has 5 aliphatic heterocycles. The van der Waals surface area contributed by atoms with Crippen LogP contribution >= 0.6 is 11.3 Å². The van der Waals surface area contributed by atoms with Crippen molar-refractivity contribution in [3.8, 4) is 0 Å². The topological polar surface area (TPSA) is 113 Å². The first-order valence-corrected chi connectivity index (χ1v) is 40.5. The third-order valence-electron chi connectivity index (χ3n) is 21.3. The standard InChI is InChI=1S/C9H20N.C9H22N.C8H18NO.C8H17N.C8H12N.C7H13N2.C7H15NO2.C7H15NO.C6H10N2.C6H10NO.C6H10NS/c1-9(2)10(3)7-5-4-6-8-10;1-6-10(7-2,8-3)9(4)5;1-8(2)9(3)4-6-10-7-5-9;2*1-8(2)9-6-4-3-5-7-9;1-7(2)9-5-4-8(3)6-9;1-7(2)8(9)3-5-10-6-4-8;1-7(2)8-3-5-9-6-4-8;1-6(2)8-4-3-7-5-8;2*1-6(2)7-3-4-8-5-7/h9H,4-8H2,1-3H3;9H,6-8H2,1-5H3;8H,4-7H2,1-3H3;8H,3-7H2,1-2H3;3-8H,1-2H3;4-7H,1-3H3;7H,3-6H2,1-2H3;7H,3-6H2,1-2H3;3*3-6H,1-2H3/q3*+1;;2*+1;;;;2*+1/p+3. The van der Waals surface area contributed by atoms with Gasteiger partial charge >= 0.3 is 6.39 Å². The second-order valence-corrected chi connectivity index (χ2v) is 32.5. The number of ether oxygens (including phenoxy) is 3. The van der Waals surface area contributed by atoms with E-state index in [-0.39, 0.29) is 10.7 Å². The molecule has 100 heavy (non-hydrogen) atoms. The number of likely N-dealkylation sites (N-methyl/N-ethyl adjacent to an activating group) is 1. The number of aromatic nitrogens is 7. The third kappa shape index (κ3) is 40.9. The highest BCUT2D eigenvalue weighted by atomic mass is 32.1. The van der Waals surface area contributed by atoms with Crippen molar-refractivity contribution in [1.82, 2.24) is 9.55 Å². The fourth-order valence-electron chi connectivity index (χ4n) is 12.0. The number of hydroxylamine groups is 3. The van der Waals surface area contributed by atoms with E-state index in [0.29, 0.717) is 56.5 Å². The largest absolute Gasteiger partial charge is 0.632 e. The molecule has 0 aromatic carbocycles. The number of imidazole rings is 2. The number of morpholine rings is 3. The molecule has 0 spiro atoms. The van der Waals surface area contributed by atoms with Crippen LogP contribution in [0.25, 0.3) is 0 Å². The number of quaternary nitrogens is 6. The lowest BCUT2D eigenvalue weighted by atomic mass is 10.1. The number of aryl methyl sites for hydroxylation is 1. The number of hydrogen-bond acceptors (Lipinski definition) is 6. The number of aromatic amines is 1. The first-order valence-electron chi connectivity index (χ1n) is 39.5. The Morgan fingerprint density at radius 3 is 1.21 bits per heavy atom. The van der Waals surface area contributed by atoms with Crippen LogP contribution in [-0.4, -0.2) is 203 Å². The molecule has 5 aromatic rings. The molecule has 10 heterocycles. The molecule has 0 atom stereocenters. The monoisotopic (exact) mass is 1430 g/mol. The molecule has 3 N–H and O–H groups in total. The average Bonchev–Trinajstić information content (AvgIpc) is 1.38. The minimum absolute atomic E-state index is 0.0694. The Labute approximate surface area is 620 Å². The minimum atomic E-state index is -0.0694. The quantitative estimate of drug-likeness (QED) is 0.0582. The second-order valence-electron chi connectivity index (χ2n) is 31.7. The number of piperidine rings is 2. The molecule has 0 unspecified atom stereocenters. The summed E-state index contributed by atoms with van der Waals surface area (Å²) in [5, 5.41) is 13.8. The Bertz CT molecular complexity index is 2370. The molecule has 5 fully saturated rings. The number of nitrogens with one attached hydrogen (secondary N) is 3. The predicted molar refractivity (Wildman–Crippen MR) is 418 cm³/mol. The van der Waals surface area contributed by atoms with Crippen molar-refractivity contribution >= 4 is 11.3 Å². The summed E-state index contributed by atoms with van der Waals surface area (Å²) in [5.74, 6) is 0. The van der Waals surface area contributed by atoms with Gasteiger partial charge < -0.3 is 51.7 Å². The van der Waals surface area contributed by atoms with Crippen LogP contribution in [-0.2, 0) is 21.3 Å². The van der Waals surface area contributed by atoms with Gasteiger partial charge in [-0.25, -0.2) is 18.3 Å². The molecule has 18 nitrogen and oxygen atoms in total. The number of H-pyrrole nitrogens is 1. The average molecular weight is 1430 g/mol. The summed E-state index contributed by atoms with van der Waals surface area (Å²) in [5.41, 5.74) is 2.12. The van der Waals surface area contributed by atoms with E-state index in [4.69, 9.17) is 18.6 Å². The lowest BCUT2D eigenvalue weighted by Crippen LogP contribution is -3.16. The number of nitrogens with zero attached hydrogens (tertiary/aromatic N) is 10. The molecule has 5 aromatic heterocycles. The molecular weight excluding hydrogens is 1270 g/mol. The van der Waals surface area contributed by atoms with Crippen LogP contribution in [0.5, 0.6) is 0 Å². The van der Waals surface area contributed by atoms with Crippen molar-refractivity contribution < 1.29 is 69.4 Å². The number of thiazole rings is 1. The van der Waals surface area contributed by atoms with Gasteiger partial charge in [-0.3, -0.25) is 4.98 Å². The van der Waals surface area contributed by atoms with E-state index in [9.17, 15) is 5.21 Å². The molecule has 5 aliphatic rings. The van der Waals surface area contributed by atoms with Gasteiger partial charge in [-0.2, -0.15) is 9.13 Å². The van der Waals surface area contributed by atoms with E-state index in [2.05, 4.69) is 239 Å². The summed E-state index contributed by atoms with van der Waals surface area (Å²) >= 11 is 1.73. The lowest BCUT2D eigenvalue weighted by Gasteiger charge is -2.48. The summed E-state index contributed by atoms with van der Waals surface area (Å²) in [6, 6.07) is 13.1. The summed E-state index contributed by atoms with van der Waals surface area (Å²) in [6.07, 6.45) is 32.3. The molecule has 10 rings (SSSR count). The van der Waals surface area contributed by atoms with Crippen LogP contribution in [0, 0.1) is 5.21 Å². The predicted octanol–water partition coefficient (Wildman–Crippen LogP) is 11.8. The highest BCUT2D eigenvalue weighted by Crippen LogP contribution is 2.20. The zero-order valence-electron chi connectivity index (χ0n) is 70.3. The Morgan fingerprint density at radius 2 is 0.960 bits per heavy atom. The first kappa shape index (κ1) is 96.0. The summed E-state index contributed by atoms with van der Waals surface area (Å²) in [4.78, 5) is 6.46. The van der Waals surface area contributed by atoms with Crippen LogP contribution in [0.4, 0.5) is 0 Å². The lowest BCUT2D eigenvalue weighted by molar-refractivity contribution is -0.943. The van der Waals surface area contributed by atoms with Gasteiger partial charge in [0, 0.05) is 12.1 Å². The third-order valence-corrected chi connectivity index (χ3v) is 22.0. The van der Waals surface area contributed by atoms with Gasteiger partial charge in [0.15, 0.2) is 43.0 Å². The van der Waals surface area contributed by atoms with Crippen LogP contribution in [0.3, 0.4) is 0 Å². The van der Waals surface area contributed by atoms with Gasteiger partial charge in [-0.05, 0) is 212 Å². The molecule has 0 amide bonds. The molecule has 0 radical (unpaired) electrons. The summed E-state index contributed by atoms with van der Waals surface area (Å²) < 4.78 is 36.8. The zero-order chi connectivity index (χ0) is 75.9. The minimum Gasteiger partial charge on any atom is -0.632 e. The number of hydrogen-bond donors (Lipinski definition) is 3. The van der Waals surface area contributed by atoms with Crippen LogP contribution < -0.4 is 32.6 Å². The molecular formula is C81H165N13O5S+10. The number of oxazole rings is 1. The normalized spacial score (nSPS) is 17.3. The number of likely N-dealkylation sites (tertiary alicyclic amines) is 2. The SMILES string of the molecule is CC(C)[N+]1(C)CCCCC1.CC(C)[N+]1(C)CCOCC1.CC(C)[N+]1([O-])CCOCC1.CC(C)[NH+]1CCCCC1.CC(C)[NH+]1CCOCC1.CC(C)[n+]1cc[nH]c1.CC(C)[n+]1ccccc1.CC(C)[n+]1ccoc1.CC(C)[n+]1ccsc1.CC(C)n1cc[n+](C)c1.CC[N+](CC)(CC)C(C)C. The van der Waals surface area contributed by atoms with Gasteiger partial charge in [-0.15, -0.1) is 0 Å². The summed E-state index contributed by atoms with van der Waals surface area (Å²) in [6.45, 7) is 75.8. The van der Waals surface area contributed by atoms with Crippen molar-refractivity contribution in [2.75, 3.05) is 139 Å². The Balaban J connectivity index is 0.00000108. The molecule has 580 valence electrons. The van der Waals surface area contributed by atoms with Crippen LogP contribution in [0.15, 0.2) is 108 Å². The van der Waals surface area contributed by atoms with E-state index < -0.39 is 0 Å². The van der Waals surface area contributed by atoms with E-state index in [1.165, 1.54) is 124 Å². The van der Waals surface area contributed by atoms with E-state index in [1.807, 2.05) is 79.3 Å². The fraction of sp³-hybridized carbons (Fsp3) is 0.790. The van der Waals surface area contributed by atoms with Crippen molar-refractivity contribution in [2.24, 2.45) is 7.05 Å². The first-order chi connectivity index (χ1) is 47.1. The highest BCUT2D eigenvalue weighted by Gasteiger charge is 2.30. The fourth-order valence-corrected chi connectivity index (χ4v) is 12.7. The number of pyridine rings is 1. The Morgan fingerprint density at radius 1 is 0.500 bits per heavy atom. The molecule has 0 aliphatic carbocycles. The molecule has 0 bridgehead atoms. The van der Waals surface area contributed by atoms with Gasteiger partial charge in [-0.1, -0.05) is 17.4 Å². The van der Waals surface area contributed by atoms with Crippen LogP contribution in [0.1, 0.15) is 242 Å².